The number of ether oxygens (including phenoxy) is 1. The molecule has 1 heterocycles. The molecule has 0 bridgehead atoms. The number of rotatable bonds is 4. The molecule has 5 heteroatoms. The van der Waals surface area contributed by atoms with Crippen molar-refractivity contribution in [2.45, 2.75) is 38.0 Å². The minimum absolute atomic E-state index is 0.255. The van der Waals surface area contributed by atoms with E-state index in [0.29, 0.717) is 24.1 Å². The highest BCUT2D eigenvalue weighted by molar-refractivity contribution is 5.53. The van der Waals surface area contributed by atoms with Crippen molar-refractivity contribution in [3.63, 3.8) is 0 Å². The molecule has 1 aliphatic carbocycles. The van der Waals surface area contributed by atoms with Crippen LogP contribution in [0.5, 0.6) is 17.2 Å². The summed E-state index contributed by atoms with van der Waals surface area (Å²) in [6.07, 6.45) is 3.75. The van der Waals surface area contributed by atoms with Crippen LogP contribution in [0.15, 0.2) is 12.1 Å². The van der Waals surface area contributed by atoms with Crippen LogP contribution < -0.4 is 5.32 Å². The first-order valence-corrected chi connectivity index (χ1v) is 6.74. The maximum atomic E-state index is 9.76. The summed E-state index contributed by atoms with van der Waals surface area (Å²) < 4.78 is 5.74. The van der Waals surface area contributed by atoms with E-state index in [4.69, 9.17) is 4.74 Å². The molecule has 0 radical (unpaired) electrons. The maximum absolute atomic E-state index is 9.76. The summed E-state index contributed by atoms with van der Waals surface area (Å²) in [7, 11) is 0. The fourth-order valence-electron chi connectivity index (χ4n) is 2.71. The molecule has 2 aliphatic rings. The molecule has 19 heavy (non-hydrogen) atoms. The molecule has 2 fully saturated rings. The molecular weight excluding hydrogens is 246 g/mol. The summed E-state index contributed by atoms with van der Waals surface area (Å²) in [5.41, 5.74) is 0.580. The van der Waals surface area contributed by atoms with E-state index in [1.165, 1.54) is 18.9 Å². The van der Waals surface area contributed by atoms with Crippen LogP contribution in [0.3, 0.4) is 0 Å². The number of hydrogen-bond donors (Lipinski definition) is 4. The molecule has 2 atom stereocenters. The zero-order valence-electron chi connectivity index (χ0n) is 10.7. The van der Waals surface area contributed by atoms with Crippen LogP contribution in [0.2, 0.25) is 0 Å². The maximum Gasteiger partial charge on any atom is 0.200 e. The van der Waals surface area contributed by atoms with Crippen LogP contribution in [0.25, 0.3) is 0 Å². The highest BCUT2D eigenvalue weighted by atomic mass is 16.5. The van der Waals surface area contributed by atoms with Gasteiger partial charge in [-0.25, -0.2) is 0 Å². The van der Waals surface area contributed by atoms with Gasteiger partial charge in [-0.05, 0) is 31.2 Å². The van der Waals surface area contributed by atoms with Crippen LogP contribution in [0.1, 0.15) is 24.8 Å². The zero-order valence-corrected chi connectivity index (χ0v) is 10.7. The van der Waals surface area contributed by atoms with Crippen LogP contribution in [-0.4, -0.2) is 34.1 Å². The zero-order chi connectivity index (χ0) is 13.4. The summed E-state index contributed by atoms with van der Waals surface area (Å²) in [6, 6.07) is 3.30. The lowest BCUT2D eigenvalue weighted by molar-refractivity contribution is 0.0808. The topological polar surface area (TPSA) is 82.0 Å². The van der Waals surface area contributed by atoms with Gasteiger partial charge in [0.1, 0.15) is 0 Å². The standard InChI is InChI=1S/C14H19NO4/c16-11-4-3-9(12(17)13(11)18)7-15-10-5-6-19-14(10)8-1-2-8/h3-4,8,10,14-18H,1-2,5-7H2. The van der Waals surface area contributed by atoms with Crippen molar-refractivity contribution < 1.29 is 20.1 Å². The summed E-state index contributed by atoms with van der Waals surface area (Å²) in [5, 5.41) is 31.9. The second-order valence-corrected chi connectivity index (χ2v) is 5.39. The van der Waals surface area contributed by atoms with Crippen LogP contribution in [0.4, 0.5) is 0 Å². The van der Waals surface area contributed by atoms with Gasteiger partial charge in [0.25, 0.3) is 0 Å². The van der Waals surface area contributed by atoms with Crippen LogP contribution in [-0.2, 0) is 11.3 Å². The van der Waals surface area contributed by atoms with Gasteiger partial charge in [-0.1, -0.05) is 6.07 Å². The van der Waals surface area contributed by atoms with Gasteiger partial charge in [-0.15, -0.1) is 0 Å². The van der Waals surface area contributed by atoms with E-state index in [2.05, 4.69) is 5.32 Å². The number of phenols is 3. The van der Waals surface area contributed by atoms with Crippen LogP contribution >= 0.6 is 0 Å². The average Bonchev–Trinajstić information content (AvgIpc) is 3.15. The Morgan fingerprint density at radius 3 is 2.63 bits per heavy atom. The summed E-state index contributed by atoms with van der Waals surface area (Å²) in [5.74, 6) is -0.335. The summed E-state index contributed by atoms with van der Waals surface area (Å²) in [4.78, 5) is 0. The van der Waals surface area contributed by atoms with Gasteiger partial charge in [0, 0.05) is 24.8 Å². The lowest BCUT2D eigenvalue weighted by Gasteiger charge is -2.20. The Balaban J connectivity index is 1.64. The van der Waals surface area contributed by atoms with E-state index in [1.54, 1.807) is 6.07 Å². The predicted molar refractivity (Wildman–Crippen MR) is 69.1 cm³/mol. The number of phenolic OH excluding ortho intramolecular Hbond substituents is 3. The average molecular weight is 265 g/mol. The van der Waals surface area contributed by atoms with Crippen molar-refractivity contribution in [2.75, 3.05) is 6.61 Å². The third-order valence-electron chi connectivity index (χ3n) is 3.99. The fraction of sp³-hybridized carbons (Fsp3) is 0.571. The first kappa shape index (κ1) is 12.6. The Kier molecular flexibility index (Phi) is 3.24. The molecule has 0 aromatic heterocycles. The molecule has 1 saturated carbocycles. The van der Waals surface area contributed by atoms with Crippen molar-refractivity contribution in [3.8, 4) is 17.2 Å². The molecule has 1 aromatic rings. The Bertz CT molecular complexity index is 473. The SMILES string of the molecule is Oc1ccc(CNC2CCOC2C2CC2)c(O)c1O. The molecule has 1 aliphatic heterocycles. The van der Waals surface area contributed by atoms with Gasteiger partial charge in [0.15, 0.2) is 11.5 Å². The Hall–Kier alpha value is -1.46. The summed E-state index contributed by atoms with van der Waals surface area (Å²) in [6.45, 7) is 1.24. The number of hydrogen-bond acceptors (Lipinski definition) is 5. The highest BCUT2D eigenvalue weighted by Gasteiger charge is 2.40. The molecule has 5 nitrogen and oxygen atoms in total. The second-order valence-electron chi connectivity index (χ2n) is 5.39. The predicted octanol–water partition coefficient (Wildman–Crippen LogP) is 1.46. The number of benzene rings is 1. The van der Waals surface area contributed by atoms with Gasteiger partial charge in [0.2, 0.25) is 5.75 Å². The van der Waals surface area contributed by atoms with E-state index in [0.717, 1.165) is 13.0 Å². The molecule has 0 amide bonds. The van der Waals surface area contributed by atoms with E-state index in [1.807, 2.05) is 0 Å². The largest absolute Gasteiger partial charge is 0.504 e. The smallest absolute Gasteiger partial charge is 0.200 e. The Morgan fingerprint density at radius 2 is 1.89 bits per heavy atom. The lowest BCUT2D eigenvalue weighted by atomic mass is 10.1. The normalized spacial score (nSPS) is 26.7. The van der Waals surface area contributed by atoms with E-state index >= 15 is 0 Å². The molecule has 2 unspecified atom stereocenters. The van der Waals surface area contributed by atoms with Crippen molar-refractivity contribution in [1.29, 1.82) is 0 Å². The first-order valence-electron chi connectivity index (χ1n) is 6.74. The van der Waals surface area contributed by atoms with Gasteiger partial charge in [0.05, 0.1) is 6.10 Å². The van der Waals surface area contributed by atoms with Gasteiger partial charge in [-0.2, -0.15) is 0 Å². The lowest BCUT2D eigenvalue weighted by Crippen LogP contribution is -2.37. The molecular formula is C14H19NO4. The van der Waals surface area contributed by atoms with Gasteiger partial charge >= 0.3 is 0 Å². The van der Waals surface area contributed by atoms with Gasteiger partial charge in [-0.3, -0.25) is 0 Å². The quantitative estimate of drug-likeness (QED) is 0.620. The van der Waals surface area contributed by atoms with E-state index < -0.39 is 5.75 Å². The van der Waals surface area contributed by atoms with Crippen molar-refractivity contribution >= 4 is 0 Å². The molecule has 3 rings (SSSR count). The first-order chi connectivity index (χ1) is 9.16. The van der Waals surface area contributed by atoms with Crippen molar-refractivity contribution in [2.24, 2.45) is 5.92 Å². The van der Waals surface area contributed by atoms with Crippen molar-refractivity contribution in [1.82, 2.24) is 5.32 Å². The van der Waals surface area contributed by atoms with Crippen LogP contribution in [0, 0.1) is 5.92 Å². The Labute approximate surface area is 111 Å². The number of aromatic hydroxyl groups is 3. The second kappa shape index (κ2) is 4.90. The highest BCUT2D eigenvalue weighted by Crippen LogP contribution is 2.40. The third kappa shape index (κ3) is 2.48. The number of nitrogens with one attached hydrogen (secondary N) is 1. The van der Waals surface area contributed by atoms with E-state index in [-0.39, 0.29) is 17.6 Å². The Morgan fingerprint density at radius 1 is 1.11 bits per heavy atom. The fourth-order valence-corrected chi connectivity index (χ4v) is 2.71. The summed E-state index contributed by atoms with van der Waals surface area (Å²) >= 11 is 0. The molecule has 0 spiro atoms. The third-order valence-corrected chi connectivity index (χ3v) is 3.99. The minimum atomic E-state index is -0.458. The minimum Gasteiger partial charge on any atom is -0.504 e. The molecule has 1 aromatic carbocycles. The monoisotopic (exact) mass is 265 g/mol. The molecule has 104 valence electrons. The van der Waals surface area contributed by atoms with Gasteiger partial charge < -0.3 is 25.4 Å². The molecule has 4 N–H and O–H groups in total. The molecule has 1 saturated heterocycles. The van der Waals surface area contributed by atoms with E-state index in [9.17, 15) is 15.3 Å². The van der Waals surface area contributed by atoms with Crippen molar-refractivity contribution in [3.05, 3.63) is 17.7 Å².